The van der Waals surface area contributed by atoms with Crippen LogP contribution in [0.4, 0.5) is 4.39 Å². The molecule has 1 N–H and O–H groups in total. The summed E-state index contributed by atoms with van der Waals surface area (Å²) in [5.41, 5.74) is 0.637. The second-order valence-corrected chi connectivity index (χ2v) is 7.64. The molecule has 1 aliphatic rings. The summed E-state index contributed by atoms with van der Waals surface area (Å²) in [6, 6.07) is 5.63. The van der Waals surface area contributed by atoms with Crippen molar-refractivity contribution in [1.82, 2.24) is 19.2 Å². The Balaban J connectivity index is 2.00. The molecule has 1 aliphatic heterocycles. The third-order valence-corrected chi connectivity index (χ3v) is 6.08. The van der Waals surface area contributed by atoms with Crippen molar-refractivity contribution in [1.29, 1.82) is 0 Å². The van der Waals surface area contributed by atoms with Gasteiger partial charge < -0.3 is 9.88 Å². The minimum atomic E-state index is -3.75. The first-order valence-corrected chi connectivity index (χ1v) is 9.39. The first-order valence-electron chi connectivity index (χ1n) is 7.95. The van der Waals surface area contributed by atoms with Crippen LogP contribution in [0.15, 0.2) is 35.5 Å². The number of hydrogen-bond acceptors (Lipinski definition) is 4. The van der Waals surface area contributed by atoms with E-state index in [4.69, 9.17) is 0 Å². The van der Waals surface area contributed by atoms with Crippen molar-refractivity contribution in [2.24, 2.45) is 0 Å². The molecule has 6 nitrogen and oxygen atoms in total. The lowest BCUT2D eigenvalue weighted by Crippen LogP contribution is -2.48. The molecule has 1 fully saturated rings. The first kappa shape index (κ1) is 17.1. The highest BCUT2D eigenvalue weighted by atomic mass is 32.2. The number of nitrogens with one attached hydrogen (secondary N) is 1. The van der Waals surface area contributed by atoms with Crippen molar-refractivity contribution in [2.75, 3.05) is 19.6 Å². The highest BCUT2D eigenvalue weighted by Crippen LogP contribution is 2.29. The summed E-state index contributed by atoms with van der Waals surface area (Å²) >= 11 is 0. The number of nitrogens with zero attached hydrogens (tertiary/aromatic N) is 3. The standard InChI is InChI=1S/C16H21FN4O2S/c1-3-20-11-16(19-12(20)2)24(22,23)21-8-7-18-10-15(21)13-5-4-6-14(17)9-13/h4-6,9,11,15,18H,3,7-8,10H2,1-2H3. The van der Waals surface area contributed by atoms with Crippen LogP contribution < -0.4 is 5.32 Å². The van der Waals surface area contributed by atoms with E-state index in [1.807, 2.05) is 6.92 Å². The van der Waals surface area contributed by atoms with Crippen LogP contribution in [0.1, 0.15) is 24.4 Å². The molecule has 8 heteroatoms. The Kier molecular flexibility index (Phi) is 4.71. The highest BCUT2D eigenvalue weighted by Gasteiger charge is 2.36. The van der Waals surface area contributed by atoms with Gasteiger partial charge >= 0.3 is 0 Å². The molecule has 0 aliphatic carbocycles. The van der Waals surface area contributed by atoms with Gasteiger partial charge in [-0.15, -0.1) is 0 Å². The zero-order valence-electron chi connectivity index (χ0n) is 13.7. The molecule has 24 heavy (non-hydrogen) atoms. The monoisotopic (exact) mass is 352 g/mol. The van der Waals surface area contributed by atoms with Crippen LogP contribution in [-0.4, -0.2) is 41.9 Å². The van der Waals surface area contributed by atoms with E-state index >= 15 is 0 Å². The molecule has 1 atom stereocenters. The predicted octanol–water partition coefficient (Wildman–Crippen LogP) is 1.69. The minimum Gasteiger partial charge on any atom is -0.334 e. The quantitative estimate of drug-likeness (QED) is 0.909. The fourth-order valence-corrected chi connectivity index (χ4v) is 4.63. The van der Waals surface area contributed by atoms with Gasteiger partial charge in [-0.3, -0.25) is 0 Å². The van der Waals surface area contributed by atoms with Crippen molar-refractivity contribution in [3.05, 3.63) is 47.7 Å². The van der Waals surface area contributed by atoms with E-state index < -0.39 is 16.1 Å². The molecule has 130 valence electrons. The smallest absolute Gasteiger partial charge is 0.262 e. The Hall–Kier alpha value is -1.77. The summed E-state index contributed by atoms with van der Waals surface area (Å²) in [4.78, 5) is 4.21. The Morgan fingerprint density at radius 2 is 2.21 bits per heavy atom. The van der Waals surface area contributed by atoms with Crippen LogP contribution in [0.25, 0.3) is 0 Å². The van der Waals surface area contributed by atoms with E-state index in [1.165, 1.54) is 16.4 Å². The van der Waals surface area contributed by atoms with Gasteiger partial charge in [-0.2, -0.15) is 4.31 Å². The van der Waals surface area contributed by atoms with Crippen LogP contribution in [-0.2, 0) is 16.6 Å². The molecule has 1 saturated heterocycles. The molecule has 0 amide bonds. The molecular weight excluding hydrogens is 331 g/mol. The van der Waals surface area contributed by atoms with Gasteiger partial charge in [0.1, 0.15) is 11.6 Å². The fourth-order valence-electron chi connectivity index (χ4n) is 3.02. The second kappa shape index (κ2) is 6.62. The number of benzene rings is 1. The molecule has 0 bridgehead atoms. The third-order valence-electron chi connectivity index (χ3n) is 4.30. The van der Waals surface area contributed by atoms with Gasteiger partial charge in [0.05, 0.1) is 6.04 Å². The maximum absolute atomic E-state index is 13.6. The zero-order valence-corrected chi connectivity index (χ0v) is 14.6. The fraction of sp³-hybridized carbons (Fsp3) is 0.438. The Bertz CT molecular complexity index is 834. The molecule has 1 aromatic heterocycles. The molecular formula is C16H21FN4O2S. The zero-order chi connectivity index (χ0) is 17.3. The van der Waals surface area contributed by atoms with Gasteiger partial charge in [-0.1, -0.05) is 12.1 Å². The maximum Gasteiger partial charge on any atom is 0.262 e. The van der Waals surface area contributed by atoms with Crippen LogP contribution in [0.2, 0.25) is 0 Å². The van der Waals surface area contributed by atoms with Gasteiger partial charge in [0.15, 0.2) is 5.03 Å². The normalized spacial score (nSPS) is 19.5. The predicted molar refractivity (Wildman–Crippen MR) is 88.5 cm³/mol. The molecule has 1 aromatic carbocycles. The van der Waals surface area contributed by atoms with E-state index in [9.17, 15) is 12.8 Å². The summed E-state index contributed by atoms with van der Waals surface area (Å²) < 4.78 is 42.9. The SMILES string of the molecule is CCn1cc(S(=O)(=O)N2CCNCC2c2cccc(F)c2)nc1C. The van der Waals surface area contributed by atoms with Crippen LogP contribution in [0.5, 0.6) is 0 Å². The lowest BCUT2D eigenvalue weighted by atomic mass is 10.1. The summed E-state index contributed by atoms with van der Waals surface area (Å²) in [5, 5.41) is 3.23. The maximum atomic E-state index is 13.6. The molecule has 3 rings (SSSR count). The third kappa shape index (κ3) is 3.09. The van der Waals surface area contributed by atoms with E-state index in [0.29, 0.717) is 37.6 Å². The van der Waals surface area contributed by atoms with E-state index in [2.05, 4.69) is 10.3 Å². The molecule has 1 unspecified atom stereocenters. The van der Waals surface area contributed by atoms with E-state index in [1.54, 1.807) is 29.8 Å². The number of hydrogen-bond donors (Lipinski definition) is 1. The van der Waals surface area contributed by atoms with Gasteiger partial charge in [0, 0.05) is 32.4 Å². The van der Waals surface area contributed by atoms with Gasteiger partial charge in [-0.25, -0.2) is 17.8 Å². The van der Waals surface area contributed by atoms with Crippen molar-refractivity contribution < 1.29 is 12.8 Å². The number of aryl methyl sites for hydroxylation is 2. The van der Waals surface area contributed by atoms with E-state index in [-0.39, 0.29) is 10.8 Å². The van der Waals surface area contributed by atoms with E-state index in [0.717, 1.165) is 0 Å². The number of halogens is 1. The topological polar surface area (TPSA) is 67.2 Å². The van der Waals surface area contributed by atoms with Crippen LogP contribution in [0.3, 0.4) is 0 Å². The second-order valence-electron chi connectivity index (χ2n) is 5.80. The molecule has 2 heterocycles. The number of rotatable bonds is 4. The van der Waals surface area contributed by atoms with Gasteiger partial charge in [0.2, 0.25) is 0 Å². The number of sulfonamides is 1. The van der Waals surface area contributed by atoms with Gasteiger partial charge in [0.25, 0.3) is 10.0 Å². The molecule has 2 aromatic rings. The number of piperazine rings is 1. The molecule has 0 radical (unpaired) electrons. The summed E-state index contributed by atoms with van der Waals surface area (Å²) in [5.74, 6) is 0.287. The van der Waals surface area contributed by atoms with Crippen molar-refractivity contribution >= 4 is 10.0 Å². The van der Waals surface area contributed by atoms with Gasteiger partial charge in [-0.05, 0) is 31.5 Å². The summed E-state index contributed by atoms with van der Waals surface area (Å²) in [6.07, 6.45) is 1.56. The highest BCUT2D eigenvalue weighted by molar-refractivity contribution is 7.89. The summed E-state index contributed by atoms with van der Waals surface area (Å²) in [7, 11) is -3.75. The number of imidazole rings is 1. The lowest BCUT2D eigenvalue weighted by molar-refractivity contribution is 0.270. The van der Waals surface area contributed by atoms with Crippen molar-refractivity contribution in [3.63, 3.8) is 0 Å². The average Bonchev–Trinajstić information content (AvgIpc) is 2.96. The molecule has 0 saturated carbocycles. The summed E-state index contributed by atoms with van der Waals surface area (Å²) in [6.45, 7) is 5.69. The Morgan fingerprint density at radius 1 is 1.42 bits per heavy atom. The molecule has 0 spiro atoms. The Labute approximate surface area is 141 Å². The van der Waals surface area contributed by atoms with Crippen molar-refractivity contribution in [2.45, 2.75) is 31.5 Å². The first-order chi connectivity index (χ1) is 11.4. The number of aromatic nitrogens is 2. The van der Waals surface area contributed by atoms with Crippen molar-refractivity contribution in [3.8, 4) is 0 Å². The minimum absolute atomic E-state index is 0.0464. The lowest BCUT2D eigenvalue weighted by Gasteiger charge is -2.34. The Morgan fingerprint density at radius 3 is 2.88 bits per heavy atom. The average molecular weight is 352 g/mol. The van der Waals surface area contributed by atoms with Crippen LogP contribution in [0, 0.1) is 12.7 Å². The largest absolute Gasteiger partial charge is 0.334 e. The van der Waals surface area contributed by atoms with Crippen LogP contribution >= 0.6 is 0 Å².